The number of carbonyl (C=O) groups is 1. The lowest BCUT2D eigenvalue weighted by atomic mass is 10.1. The molecule has 19 heavy (non-hydrogen) atoms. The molecular formula is C11H4F6OS. The molecule has 0 fully saturated rings. The second-order valence-electron chi connectivity index (χ2n) is 3.63. The third-order valence-corrected chi connectivity index (χ3v) is 3.51. The molecule has 0 bridgehead atoms. The summed E-state index contributed by atoms with van der Waals surface area (Å²) in [7, 11) is 0. The Labute approximate surface area is 107 Å². The summed E-state index contributed by atoms with van der Waals surface area (Å²) >= 11 is 0.196. The summed E-state index contributed by atoms with van der Waals surface area (Å²) in [5.41, 5.74) is -2.89. The molecule has 0 N–H and O–H groups in total. The Kier molecular flexibility index (Phi) is 3.16. The average molecular weight is 298 g/mol. The number of fused-ring (bicyclic) bond motifs is 1. The zero-order valence-electron chi connectivity index (χ0n) is 8.89. The molecule has 0 radical (unpaired) electrons. The highest BCUT2D eigenvalue weighted by atomic mass is 32.2. The van der Waals surface area contributed by atoms with Gasteiger partial charge in [0.2, 0.25) is 5.78 Å². The van der Waals surface area contributed by atoms with Crippen molar-refractivity contribution < 1.29 is 31.1 Å². The Balaban J connectivity index is 2.63. The van der Waals surface area contributed by atoms with Crippen LogP contribution in [0.2, 0.25) is 0 Å². The highest BCUT2D eigenvalue weighted by Crippen LogP contribution is 2.49. The lowest BCUT2D eigenvalue weighted by Gasteiger charge is -2.16. The van der Waals surface area contributed by atoms with Crippen molar-refractivity contribution in [1.82, 2.24) is 0 Å². The predicted octanol–water partition coefficient (Wildman–Crippen LogP) is 4.35. The van der Waals surface area contributed by atoms with Crippen LogP contribution in [-0.2, 0) is 0 Å². The molecular weight excluding hydrogens is 294 g/mol. The van der Waals surface area contributed by atoms with Gasteiger partial charge in [-0.25, -0.2) is 0 Å². The maximum absolute atomic E-state index is 12.5. The Bertz CT molecular complexity index is 553. The molecule has 102 valence electrons. The lowest BCUT2D eigenvalue weighted by Crippen LogP contribution is -2.28. The number of allylic oxidation sites excluding steroid dienone is 2. The largest absolute Gasteiger partial charge is 0.422 e. The number of carbonyl (C=O) groups excluding carboxylic acids is 1. The molecule has 0 spiro atoms. The van der Waals surface area contributed by atoms with Gasteiger partial charge in [0.25, 0.3) is 0 Å². The molecule has 0 aliphatic carbocycles. The maximum atomic E-state index is 12.5. The van der Waals surface area contributed by atoms with Gasteiger partial charge in [-0.2, -0.15) is 26.3 Å². The molecule has 8 heteroatoms. The lowest BCUT2D eigenvalue weighted by molar-refractivity contribution is -0.172. The number of hydrogen-bond acceptors (Lipinski definition) is 2. The van der Waals surface area contributed by atoms with E-state index < -0.39 is 28.6 Å². The highest BCUT2D eigenvalue weighted by Gasteiger charge is 2.55. The second kappa shape index (κ2) is 4.29. The summed E-state index contributed by atoms with van der Waals surface area (Å²) in [5.74, 6) is -1.25. The van der Waals surface area contributed by atoms with Gasteiger partial charge in [-0.3, -0.25) is 4.79 Å². The van der Waals surface area contributed by atoms with Crippen molar-refractivity contribution in [3.8, 4) is 0 Å². The minimum Gasteiger partial charge on any atom is -0.288 e. The van der Waals surface area contributed by atoms with Crippen molar-refractivity contribution in [3.05, 3.63) is 40.3 Å². The Hall–Kier alpha value is -1.44. The molecule has 1 aliphatic heterocycles. The summed E-state index contributed by atoms with van der Waals surface area (Å²) in [6.45, 7) is 0. The minimum absolute atomic E-state index is 0.0912. The fraction of sp³-hybridized carbons (Fsp3) is 0.182. The normalized spacial score (nSPS) is 15.7. The molecule has 0 unspecified atom stereocenters. The standard InChI is InChI=1S/C11H4F6OS/c12-10(13,14)9(11(15,16)17)8-7(18)5-3-1-2-4-6(5)19-8/h1-4H. The number of benzene rings is 1. The number of rotatable bonds is 0. The molecule has 0 saturated carbocycles. The van der Waals surface area contributed by atoms with Crippen LogP contribution in [0.5, 0.6) is 0 Å². The molecule has 0 saturated heterocycles. The molecule has 0 atom stereocenters. The van der Waals surface area contributed by atoms with E-state index in [0.29, 0.717) is 0 Å². The van der Waals surface area contributed by atoms with Gasteiger partial charge in [0, 0.05) is 10.5 Å². The smallest absolute Gasteiger partial charge is 0.288 e. The van der Waals surface area contributed by atoms with Crippen molar-refractivity contribution in [2.45, 2.75) is 17.2 Å². The third-order valence-electron chi connectivity index (χ3n) is 2.34. The van der Waals surface area contributed by atoms with Gasteiger partial charge in [-0.05, 0) is 12.1 Å². The molecule has 2 rings (SSSR count). The number of alkyl halides is 6. The molecule has 0 aromatic heterocycles. The first kappa shape index (κ1) is 14.0. The summed E-state index contributed by atoms with van der Waals surface area (Å²) in [5, 5.41) is 0. The van der Waals surface area contributed by atoms with Crippen LogP contribution in [0.15, 0.2) is 39.6 Å². The van der Waals surface area contributed by atoms with Gasteiger partial charge in [0.05, 0.1) is 4.91 Å². The average Bonchev–Trinajstić information content (AvgIpc) is 2.53. The monoisotopic (exact) mass is 298 g/mol. The summed E-state index contributed by atoms with van der Waals surface area (Å²) in [4.78, 5) is 10.4. The second-order valence-corrected chi connectivity index (χ2v) is 4.68. The number of ketones is 1. The van der Waals surface area contributed by atoms with Crippen molar-refractivity contribution in [1.29, 1.82) is 0 Å². The molecule has 1 aromatic rings. The van der Waals surface area contributed by atoms with Crippen LogP contribution in [0.4, 0.5) is 26.3 Å². The van der Waals surface area contributed by atoms with Gasteiger partial charge in [0.15, 0.2) is 5.57 Å². The van der Waals surface area contributed by atoms with Crippen LogP contribution >= 0.6 is 11.8 Å². The van der Waals surface area contributed by atoms with Gasteiger partial charge >= 0.3 is 12.4 Å². The minimum atomic E-state index is -5.63. The topological polar surface area (TPSA) is 17.1 Å². The predicted molar refractivity (Wildman–Crippen MR) is 55.8 cm³/mol. The Morgan fingerprint density at radius 1 is 0.947 bits per heavy atom. The highest BCUT2D eigenvalue weighted by molar-refractivity contribution is 8.04. The van der Waals surface area contributed by atoms with Crippen LogP contribution in [-0.4, -0.2) is 18.1 Å². The van der Waals surface area contributed by atoms with Crippen molar-refractivity contribution >= 4 is 17.5 Å². The molecule has 1 heterocycles. The summed E-state index contributed by atoms with van der Waals surface area (Å²) in [6.07, 6.45) is -11.3. The van der Waals surface area contributed by atoms with E-state index in [4.69, 9.17) is 0 Å². The van der Waals surface area contributed by atoms with Crippen LogP contribution in [0.1, 0.15) is 10.4 Å². The quantitative estimate of drug-likeness (QED) is 0.523. The van der Waals surface area contributed by atoms with Crippen molar-refractivity contribution in [2.24, 2.45) is 0 Å². The zero-order valence-corrected chi connectivity index (χ0v) is 9.71. The van der Waals surface area contributed by atoms with Crippen molar-refractivity contribution in [2.75, 3.05) is 0 Å². The van der Waals surface area contributed by atoms with Crippen LogP contribution in [0.3, 0.4) is 0 Å². The molecule has 1 nitrogen and oxygen atoms in total. The SMILES string of the molecule is O=C1C(=C(C(F)(F)F)C(F)(F)F)Sc2ccccc21. The van der Waals surface area contributed by atoms with Gasteiger partial charge in [-0.15, -0.1) is 0 Å². The van der Waals surface area contributed by atoms with Gasteiger partial charge in [-0.1, -0.05) is 23.9 Å². The summed E-state index contributed by atoms with van der Waals surface area (Å²) in [6, 6.07) is 5.31. The fourth-order valence-corrected chi connectivity index (χ4v) is 2.78. The van der Waals surface area contributed by atoms with Crippen LogP contribution in [0, 0.1) is 0 Å². The molecule has 1 aromatic carbocycles. The maximum Gasteiger partial charge on any atom is 0.422 e. The van der Waals surface area contributed by atoms with E-state index in [2.05, 4.69) is 0 Å². The number of thioether (sulfide) groups is 1. The van der Waals surface area contributed by atoms with Gasteiger partial charge < -0.3 is 0 Å². The third kappa shape index (κ3) is 2.49. The van der Waals surface area contributed by atoms with E-state index in [1.807, 2.05) is 0 Å². The van der Waals surface area contributed by atoms with Gasteiger partial charge in [0.1, 0.15) is 0 Å². The first-order chi connectivity index (χ1) is 8.62. The van der Waals surface area contributed by atoms with E-state index in [-0.39, 0.29) is 22.2 Å². The van der Waals surface area contributed by atoms with E-state index >= 15 is 0 Å². The fourth-order valence-electron chi connectivity index (χ4n) is 1.60. The Morgan fingerprint density at radius 3 is 1.95 bits per heavy atom. The molecule has 1 aliphatic rings. The Morgan fingerprint density at radius 2 is 1.47 bits per heavy atom. The van der Waals surface area contributed by atoms with E-state index in [1.165, 1.54) is 24.3 Å². The van der Waals surface area contributed by atoms with E-state index in [9.17, 15) is 31.1 Å². The molecule has 0 amide bonds. The van der Waals surface area contributed by atoms with Crippen LogP contribution < -0.4 is 0 Å². The number of hydrogen-bond donors (Lipinski definition) is 0. The van der Waals surface area contributed by atoms with E-state index in [0.717, 1.165) is 0 Å². The zero-order chi connectivity index (χ0) is 14.4. The number of halogens is 6. The van der Waals surface area contributed by atoms with Crippen LogP contribution in [0.25, 0.3) is 0 Å². The van der Waals surface area contributed by atoms with Crippen molar-refractivity contribution in [3.63, 3.8) is 0 Å². The summed E-state index contributed by atoms with van der Waals surface area (Å²) < 4.78 is 75.1. The number of Topliss-reactive ketones (excluding diaryl/α,β-unsaturated/α-hetero) is 1. The first-order valence-corrected chi connectivity index (χ1v) is 5.64. The van der Waals surface area contributed by atoms with E-state index in [1.54, 1.807) is 0 Å². The first-order valence-electron chi connectivity index (χ1n) is 4.82.